The molecule has 9 heteroatoms. The van der Waals surface area contributed by atoms with Crippen LogP contribution in [0, 0.1) is 22.7 Å². The SMILES string of the molecule is N#C/C(=C\c1cc(Br)c(OCc2ccccc2Cl)c(Br)c1)C(=O)Nc1sc2c(c1C#N)CCCC2. The number of amides is 1. The van der Waals surface area contributed by atoms with Gasteiger partial charge in [0.25, 0.3) is 5.91 Å². The summed E-state index contributed by atoms with van der Waals surface area (Å²) >= 11 is 14.7. The fourth-order valence-electron chi connectivity index (χ4n) is 3.82. The zero-order valence-corrected chi connectivity index (χ0v) is 23.1. The Morgan fingerprint density at radius 2 is 1.89 bits per heavy atom. The predicted molar refractivity (Wildman–Crippen MR) is 146 cm³/mol. The molecule has 0 saturated heterocycles. The Hall–Kier alpha value is -2.62. The van der Waals surface area contributed by atoms with E-state index in [1.54, 1.807) is 18.2 Å². The minimum Gasteiger partial charge on any atom is -0.486 e. The molecule has 1 amide bonds. The van der Waals surface area contributed by atoms with E-state index in [-0.39, 0.29) is 12.2 Å². The second kappa shape index (κ2) is 11.4. The fraction of sp³-hybridized carbons (Fsp3) is 0.192. The number of nitrogens with zero attached hydrogens (tertiary/aromatic N) is 2. The minimum absolute atomic E-state index is 0.0659. The fourth-order valence-corrected chi connectivity index (χ4v) is 6.70. The van der Waals surface area contributed by atoms with E-state index in [2.05, 4.69) is 43.2 Å². The molecule has 0 spiro atoms. The maximum atomic E-state index is 12.9. The summed E-state index contributed by atoms with van der Waals surface area (Å²) in [7, 11) is 0. The zero-order chi connectivity index (χ0) is 24.9. The number of carbonyl (C=O) groups is 1. The van der Waals surface area contributed by atoms with Crippen molar-refractivity contribution in [3.63, 3.8) is 0 Å². The van der Waals surface area contributed by atoms with Crippen molar-refractivity contribution >= 4 is 71.8 Å². The van der Waals surface area contributed by atoms with Crippen molar-refractivity contribution in [1.82, 2.24) is 0 Å². The topological polar surface area (TPSA) is 85.9 Å². The molecule has 1 N–H and O–H groups in total. The molecule has 0 saturated carbocycles. The Kier molecular flexibility index (Phi) is 8.30. The number of aryl methyl sites for hydroxylation is 1. The lowest BCUT2D eigenvalue weighted by atomic mass is 9.96. The summed E-state index contributed by atoms with van der Waals surface area (Å²) < 4.78 is 7.25. The van der Waals surface area contributed by atoms with Gasteiger partial charge in [0.1, 0.15) is 35.1 Å². The summed E-state index contributed by atoms with van der Waals surface area (Å²) in [5.41, 5.74) is 2.96. The third kappa shape index (κ3) is 5.79. The first kappa shape index (κ1) is 25.5. The Balaban J connectivity index is 1.53. The molecule has 0 bridgehead atoms. The third-order valence-corrected chi connectivity index (χ3v) is 8.29. The lowest BCUT2D eigenvalue weighted by molar-refractivity contribution is -0.112. The van der Waals surface area contributed by atoms with Gasteiger partial charge in [0.15, 0.2) is 0 Å². The number of nitriles is 2. The lowest BCUT2D eigenvalue weighted by Crippen LogP contribution is -2.13. The van der Waals surface area contributed by atoms with Crippen molar-refractivity contribution in [3.8, 4) is 17.9 Å². The summed E-state index contributed by atoms with van der Waals surface area (Å²) in [6.07, 6.45) is 5.38. The van der Waals surface area contributed by atoms with Crippen LogP contribution in [0.3, 0.4) is 0 Å². The van der Waals surface area contributed by atoms with Gasteiger partial charge >= 0.3 is 0 Å². The summed E-state index contributed by atoms with van der Waals surface area (Å²) in [6, 6.07) is 15.2. The molecule has 5 nitrogen and oxygen atoms in total. The van der Waals surface area contributed by atoms with Crippen LogP contribution in [-0.2, 0) is 24.2 Å². The molecule has 0 radical (unpaired) electrons. The number of nitrogens with one attached hydrogen (secondary N) is 1. The molecule has 0 unspecified atom stereocenters. The molecule has 0 aliphatic heterocycles. The van der Waals surface area contributed by atoms with Gasteiger partial charge in [-0.1, -0.05) is 29.8 Å². The zero-order valence-electron chi connectivity index (χ0n) is 18.3. The number of halogens is 3. The van der Waals surface area contributed by atoms with E-state index >= 15 is 0 Å². The maximum Gasteiger partial charge on any atom is 0.266 e. The molecule has 0 atom stereocenters. The van der Waals surface area contributed by atoms with Gasteiger partial charge in [-0.05, 0) is 92.9 Å². The minimum atomic E-state index is -0.547. The van der Waals surface area contributed by atoms with Crippen LogP contribution in [0.2, 0.25) is 5.02 Å². The van der Waals surface area contributed by atoms with Gasteiger partial charge in [-0.2, -0.15) is 10.5 Å². The number of rotatable bonds is 6. The van der Waals surface area contributed by atoms with Crippen molar-refractivity contribution in [3.05, 3.63) is 83.1 Å². The normalized spacial score (nSPS) is 12.9. The molecule has 2 aromatic carbocycles. The standard InChI is InChI=1S/C26H18Br2ClN3O2S/c27-20-10-15(11-21(28)24(20)34-14-16-5-1-3-7-22(16)29)9-17(12-30)25(33)32-26-19(13-31)18-6-2-4-8-23(18)35-26/h1,3,5,7,9-11H,2,4,6,8,14H2,(H,32,33)/b17-9+. The van der Waals surface area contributed by atoms with E-state index in [1.807, 2.05) is 24.3 Å². The van der Waals surface area contributed by atoms with Gasteiger partial charge in [0.05, 0.1) is 14.5 Å². The van der Waals surface area contributed by atoms with E-state index in [0.717, 1.165) is 41.7 Å². The maximum absolute atomic E-state index is 12.9. The first-order valence-electron chi connectivity index (χ1n) is 10.7. The van der Waals surface area contributed by atoms with Crippen LogP contribution in [0.5, 0.6) is 5.75 Å². The molecule has 1 aliphatic carbocycles. The third-order valence-electron chi connectivity index (χ3n) is 5.54. The highest BCUT2D eigenvalue weighted by molar-refractivity contribution is 9.11. The van der Waals surface area contributed by atoms with Crippen molar-refractivity contribution in [2.24, 2.45) is 0 Å². The molecule has 1 aromatic heterocycles. The van der Waals surface area contributed by atoms with Crippen LogP contribution in [-0.4, -0.2) is 5.91 Å². The molecule has 0 fully saturated rings. The number of thiophene rings is 1. The van der Waals surface area contributed by atoms with Crippen LogP contribution in [0.15, 0.2) is 50.9 Å². The van der Waals surface area contributed by atoms with Crippen molar-refractivity contribution < 1.29 is 9.53 Å². The molecule has 4 rings (SSSR count). The number of hydrogen-bond acceptors (Lipinski definition) is 5. The first-order valence-corrected chi connectivity index (χ1v) is 13.5. The van der Waals surface area contributed by atoms with Crippen LogP contribution in [0.25, 0.3) is 6.08 Å². The van der Waals surface area contributed by atoms with Crippen LogP contribution < -0.4 is 10.1 Å². The van der Waals surface area contributed by atoms with E-state index in [4.69, 9.17) is 16.3 Å². The molecule has 176 valence electrons. The van der Waals surface area contributed by atoms with E-state index in [9.17, 15) is 15.3 Å². The Labute approximate surface area is 229 Å². The van der Waals surface area contributed by atoms with E-state index in [0.29, 0.717) is 35.8 Å². The molecular weight excluding hydrogens is 614 g/mol. The van der Waals surface area contributed by atoms with Crippen LogP contribution >= 0.6 is 54.8 Å². The highest BCUT2D eigenvalue weighted by Crippen LogP contribution is 2.38. The van der Waals surface area contributed by atoms with Gasteiger partial charge < -0.3 is 10.1 Å². The molecule has 1 heterocycles. The summed E-state index contributed by atoms with van der Waals surface area (Å²) in [5.74, 6) is 0.0294. The molecule has 35 heavy (non-hydrogen) atoms. The van der Waals surface area contributed by atoms with Crippen molar-refractivity contribution in [2.45, 2.75) is 32.3 Å². The number of ether oxygens (including phenoxy) is 1. The number of carbonyl (C=O) groups excluding carboxylic acids is 1. The van der Waals surface area contributed by atoms with E-state index in [1.165, 1.54) is 17.4 Å². The highest BCUT2D eigenvalue weighted by Gasteiger charge is 2.23. The quantitative estimate of drug-likeness (QED) is 0.222. The van der Waals surface area contributed by atoms with Gasteiger partial charge in [0.2, 0.25) is 0 Å². The number of hydrogen-bond donors (Lipinski definition) is 1. The van der Waals surface area contributed by atoms with Crippen molar-refractivity contribution in [1.29, 1.82) is 10.5 Å². The Morgan fingerprint density at radius 1 is 1.17 bits per heavy atom. The Morgan fingerprint density at radius 3 is 2.57 bits per heavy atom. The largest absolute Gasteiger partial charge is 0.486 e. The summed E-state index contributed by atoms with van der Waals surface area (Å²) in [6.45, 7) is 0.282. The molecule has 3 aromatic rings. The highest BCUT2D eigenvalue weighted by atomic mass is 79.9. The summed E-state index contributed by atoms with van der Waals surface area (Å²) in [4.78, 5) is 14.0. The van der Waals surface area contributed by atoms with Gasteiger partial charge in [-0.25, -0.2) is 0 Å². The predicted octanol–water partition coefficient (Wildman–Crippen LogP) is 7.80. The molecule has 1 aliphatic rings. The van der Waals surface area contributed by atoms with Gasteiger partial charge in [-0.15, -0.1) is 11.3 Å². The van der Waals surface area contributed by atoms with Crippen LogP contribution in [0.1, 0.15) is 40.0 Å². The number of fused-ring (bicyclic) bond motifs is 1. The summed E-state index contributed by atoms with van der Waals surface area (Å²) in [5, 5.41) is 23.2. The average molecular weight is 632 g/mol. The second-order valence-electron chi connectivity index (χ2n) is 7.84. The van der Waals surface area contributed by atoms with Gasteiger partial charge in [-0.3, -0.25) is 4.79 Å². The second-order valence-corrected chi connectivity index (χ2v) is 11.1. The van der Waals surface area contributed by atoms with Crippen molar-refractivity contribution in [2.75, 3.05) is 5.32 Å². The Bertz CT molecular complexity index is 1400. The van der Waals surface area contributed by atoms with Gasteiger partial charge in [0, 0.05) is 15.5 Å². The van der Waals surface area contributed by atoms with Crippen LogP contribution in [0.4, 0.5) is 5.00 Å². The number of anilines is 1. The molecular formula is C26H18Br2ClN3O2S. The monoisotopic (exact) mass is 629 g/mol. The average Bonchev–Trinajstić information content (AvgIpc) is 3.19. The smallest absolute Gasteiger partial charge is 0.266 e. The first-order chi connectivity index (χ1) is 16.9. The lowest BCUT2D eigenvalue weighted by Gasteiger charge is -2.12. The number of benzene rings is 2. The van der Waals surface area contributed by atoms with E-state index < -0.39 is 5.91 Å².